The standard InChI is InChI=1S/C18H22N4OS/c1-12-19-13(2)22(20-12)14-6-5-9-21(10-14)18(23)16-11-24-17-8-4-3-7-15(16)17/h3-4,7-8,14,16H,5-6,9-11H2,1-2H3/t14-,16-/m1/s1. The van der Waals surface area contributed by atoms with Crippen molar-refractivity contribution < 1.29 is 4.79 Å². The quantitative estimate of drug-likeness (QED) is 0.842. The highest BCUT2D eigenvalue weighted by molar-refractivity contribution is 7.99. The Bertz CT molecular complexity index is 772. The van der Waals surface area contributed by atoms with Gasteiger partial charge in [0.25, 0.3) is 0 Å². The number of likely N-dealkylation sites (tertiary alicyclic amines) is 1. The molecule has 1 aromatic heterocycles. The number of aromatic nitrogens is 3. The zero-order chi connectivity index (χ0) is 16.7. The molecule has 1 aromatic carbocycles. The van der Waals surface area contributed by atoms with Crippen LogP contribution >= 0.6 is 11.8 Å². The largest absolute Gasteiger partial charge is 0.340 e. The zero-order valence-electron chi connectivity index (χ0n) is 14.1. The van der Waals surface area contributed by atoms with Crippen molar-refractivity contribution in [2.75, 3.05) is 18.8 Å². The van der Waals surface area contributed by atoms with Gasteiger partial charge in [-0.1, -0.05) is 18.2 Å². The normalized spacial score (nSPS) is 23.3. The van der Waals surface area contributed by atoms with Crippen molar-refractivity contribution in [3.8, 4) is 0 Å². The van der Waals surface area contributed by atoms with E-state index < -0.39 is 0 Å². The SMILES string of the molecule is Cc1nc(C)n([C@@H]2CCCN(C(=O)[C@@H]3CSc4ccccc43)C2)n1. The number of nitrogens with zero attached hydrogens (tertiary/aromatic N) is 4. The minimum atomic E-state index is 0.00327. The average Bonchev–Trinajstić information content (AvgIpc) is 3.17. The number of rotatable bonds is 2. The third-order valence-corrected chi connectivity index (χ3v) is 6.14. The third-order valence-electron chi connectivity index (χ3n) is 4.96. The van der Waals surface area contributed by atoms with Crippen LogP contribution in [0.1, 0.15) is 42.0 Å². The molecule has 2 aliphatic rings. The Hall–Kier alpha value is -1.82. The van der Waals surface area contributed by atoms with Crippen molar-refractivity contribution >= 4 is 17.7 Å². The minimum Gasteiger partial charge on any atom is -0.340 e. The number of thioether (sulfide) groups is 1. The first-order valence-electron chi connectivity index (χ1n) is 8.54. The van der Waals surface area contributed by atoms with Crippen LogP contribution in [-0.2, 0) is 4.79 Å². The Morgan fingerprint density at radius 3 is 2.92 bits per heavy atom. The van der Waals surface area contributed by atoms with Crippen LogP contribution in [0.25, 0.3) is 0 Å². The predicted molar refractivity (Wildman–Crippen MR) is 94.3 cm³/mol. The summed E-state index contributed by atoms with van der Waals surface area (Å²) >= 11 is 1.80. The molecule has 5 nitrogen and oxygen atoms in total. The van der Waals surface area contributed by atoms with Crippen molar-refractivity contribution in [2.24, 2.45) is 0 Å². The molecule has 0 bridgehead atoms. The Morgan fingerprint density at radius 1 is 1.29 bits per heavy atom. The second-order valence-electron chi connectivity index (χ2n) is 6.63. The van der Waals surface area contributed by atoms with E-state index in [0.717, 1.165) is 43.3 Å². The first-order chi connectivity index (χ1) is 11.6. The lowest BCUT2D eigenvalue weighted by atomic mass is 9.97. The number of amides is 1. The number of piperidine rings is 1. The molecule has 4 rings (SSSR count). The third kappa shape index (κ3) is 2.73. The maximum absolute atomic E-state index is 13.1. The van der Waals surface area contributed by atoms with Gasteiger partial charge in [0.15, 0.2) is 0 Å². The van der Waals surface area contributed by atoms with Gasteiger partial charge in [0.05, 0.1) is 12.0 Å². The van der Waals surface area contributed by atoms with Gasteiger partial charge in [-0.15, -0.1) is 11.8 Å². The number of hydrogen-bond donors (Lipinski definition) is 0. The number of carbonyl (C=O) groups is 1. The smallest absolute Gasteiger partial charge is 0.231 e. The fourth-order valence-corrected chi connectivity index (χ4v) is 5.04. The lowest BCUT2D eigenvalue weighted by Crippen LogP contribution is -2.43. The topological polar surface area (TPSA) is 51.0 Å². The van der Waals surface area contributed by atoms with Gasteiger partial charge < -0.3 is 4.90 Å². The summed E-state index contributed by atoms with van der Waals surface area (Å²) in [4.78, 5) is 20.8. The minimum absolute atomic E-state index is 0.00327. The van der Waals surface area contributed by atoms with Crippen LogP contribution in [0.2, 0.25) is 0 Å². The summed E-state index contributed by atoms with van der Waals surface area (Å²) in [7, 11) is 0. The van der Waals surface area contributed by atoms with E-state index in [0.29, 0.717) is 0 Å². The van der Waals surface area contributed by atoms with Gasteiger partial charge in [-0.05, 0) is 38.3 Å². The number of hydrogen-bond acceptors (Lipinski definition) is 4. The Labute approximate surface area is 146 Å². The fourth-order valence-electron chi connectivity index (χ4n) is 3.82. The van der Waals surface area contributed by atoms with E-state index in [2.05, 4.69) is 22.2 Å². The lowest BCUT2D eigenvalue weighted by molar-refractivity contribution is -0.134. The molecule has 2 aliphatic heterocycles. The molecule has 126 valence electrons. The van der Waals surface area contributed by atoms with Crippen molar-refractivity contribution in [1.29, 1.82) is 0 Å². The van der Waals surface area contributed by atoms with E-state index >= 15 is 0 Å². The van der Waals surface area contributed by atoms with E-state index in [1.165, 1.54) is 10.5 Å². The Balaban J connectivity index is 1.52. The molecule has 1 saturated heterocycles. The average molecular weight is 342 g/mol. The summed E-state index contributed by atoms with van der Waals surface area (Å²) in [6, 6.07) is 8.54. The second kappa shape index (κ2) is 6.24. The first-order valence-corrected chi connectivity index (χ1v) is 9.52. The molecule has 0 radical (unpaired) electrons. The van der Waals surface area contributed by atoms with Crippen LogP contribution in [-0.4, -0.2) is 44.4 Å². The zero-order valence-corrected chi connectivity index (χ0v) is 14.9. The van der Waals surface area contributed by atoms with Gasteiger partial charge in [0.2, 0.25) is 5.91 Å². The van der Waals surface area contributed by atoms with Crippen LogP contribution in [0.5, 0.6) is 0 Å². The van der Waals surface area contributed by atoms with Crippen molar-refractivity contribution in [1.82, 2.24) is 19.7 Å². The summed E-state index contributed by atoms with van der Waals surface area (Å²) < 4.78 is 2.01. The highest BCUT2D eigenvalue weighted by atomic mass is 32.2. The molecular weight excluding hydrogens is 320 g/mol. The molecule has 2 aromatic rings. The molecule has 0 spiro atoms. The summed E-state index contributed by atoms with van der Waals surface area (Å²) in [6.45, 7) is 5.50. The van der Waals surface area contributed by atoms with E-state index in [4.69, 9.17) is 0 Å². The lowest BCUT2D eigenvalue weighted by Gasteiger charge is -2.34. The van der Waals surface area contributed by atoms with E-state index in [1.807, 2.05) is 35.6 Å². The monoisotopic (exact) mass is 342 g/mol. The molecule has 3 heterocycles. The molecule has 0 aliphatic carbocycles. The summed E-state index contributed by atoms with van der Waals surface area (Å²) in [5.41, 5.74) is 1.20. The first kappa shape index (κ1) is 15.7. The van der Waals surface area contributed by atoms with E-state index in [1.54, 1.807) is 11.8 Å². The molecule has 0 N–H and O–H groups in total. The van der Waals surface area contributed by atoms with Gasteiger partial charge in [-0.3, -0.25) is 4.79 Å². The van der Waals surface area contributed by atoms with Crippen LogP contribution in [0, 0.1) is 13.8 Å². The number of benzene rings is 1. The highest BCUT2D eigenvalue weighted by Crippen LogP contribution is 2.40. The van der Waals surface area contributed by atoms with Crippen molar-refractivity contribution in [3.63, 3.8) is 0 Å². The van der Waals surface area contributed by atoms with Gasteiger partial charge >= 0.3 is 0 Å². The number of aryl methyl sites for hydroxylation is 2. The van der Waals surface area contributed by atoms with Gasteiger partial charge in [0, 0.05) is 23.7 Å². The highest BCUT2D eigenvalue weighted by Gasteiger charge is 2.35. The van der Waals surface area contributed by atoms with Crippen LogP contribution in [0.4, 0.5) is 0 Å². The summed E-state index contributed by atoms with van der Waals surface area (Å²) in [5, 5.41) is 4.52. The molecule has 1 amide bonds. The Kier molecular flexibility index (Phi) is 4.08. The maximum Gasteiger partial charge on any atom is 0.231 e. The molecule has 2 atom stereocenters. The number of fused-ring (bicyclic) bond motifs is 1. The van der Waals surface area contributed by atoms with Crippen molar-refractivity contribution in [2.45, 2.75) is 43.5 Å². The molecule has 1 fully saturated rings. The molecular formula is C18H22N4OS. The number of carbonyl (C=O) groups excluding carboxylic acids is 1. The fraction of sp³-hybridized carbons (Fsp3) is 0.500. The van der Waals surface area contributed by atoms with E-state index in [-0.39, 0.29) is 17.9 Å². The van der Waals surface area contributed by atoms with Gasteiger partial charge in [-0.25, -0.2) is 9.67 Å². The summed E-state index contributed by atoms with van der Waals surface area (Å²) in [6.07, 6.45) is 2.08. The second-order valence-corrected chi connectivity index (χ2v) is 7.69. The molecule has 0 saturated carbocycles. The Morgan fingerprint density at radius 2 is 2.12 bits per heavy atom. The van der Waals surface area contributed by atoms with Crippen molar-refractivity contribution in [3.05, 3.63) is 41.5 Å². The maximum atomic E-state index is 13.1. The molecule has 24 heavy (non-hydrogen) atoms. The van der Waals surface area contributed by atoms with Crippen LogP contribution in [0.15, 0.2) is 29.2 Å². The van der Waals surface area contributed by atoms with Crippen LogP contribution in [0.3, 0.4) is 0 Å². The van der Waals surface area contributed by atoms with E-state index in [9.17, 15) is 4.79 Å². The predicted octanol–water partition coefficient (Wildman–Crippen LogP) is 2.95. The van der Waals surface area contributed by atoms with Gasteiger partial charge in [0.1, 0.15) is 11.6 Å². The molecule has 0 unspecified atom stereocenters. The summed E-state index contributed by atoms with van der Waals surface area (Å²) in [5.74, 6) is 2.88. The molecule has 6 heteroatoms. The van der Waals surface area contributed by atoms with Gasteiger partial charge in [-0.2, -0.15) is 5.10 Å². The van der Waals surface area contributed by atoms with Crippen LogP contribution < -0.4 is 0 Å².